The van der Waals surface area contributed by atoms with Crippen LogP contribution in [0, 0.1) is 5.92 Å². The number of likely N-dealkylation sites (tertiary alicyclic amines) is 1. The second kappa shape index (κ2) is 4.72. The Bertz CT molecular complexity index is 324. The number of carbonyl (C=O) groups is 1. The predicted molar refractivity (Wildman–Crippen MR) is 61.0 cm³/mol. The Balaban J connectivity index is 2.03. The first-order valence-electron chi connectivity index (χ1n) is 6.44. The Morgan fingerprint density at radius 3 is 2.67 bits per heavy atom. The van der Waals surface area contributed by atoms with Crippen molar-refractivity contribution in [3.05, 3.63) is 0 Å². The summed E-state index contributed by atoms with van der Waals surface area (Å²) >= 11 is 0. The molecule has 1 N–H and O–H groups in total. The Morgan fingerprint density at radius 1 is 1.39 bits per heavy atom. The van der Waals surface area contributed by atoms with Crippen molar-refractivity contribution in [2.75, 3.05) is 19.6 Å². The van der Waals surface area contributed by atoms with Gasteiger partial charge in [0.1, 0.15) is 0 Å². The summed E-state index contributed by atoms with van der Waals surface area (Å²) < 4.78 is 38.1. The molecule has 2 atom stereocenters. The molecule has 2 rings (SSSR count). The number of hydrogen-bond acceptors (Lipinski definition) is 2. The van der Waals surface area contributed by atoms with Crippen molar-refractivity contribution < 1.29 is 18.0 Å². The molecule has 6 heteroatoms. The van der Waals surface area contributed by atoms with E-state index in [1.807, 2.05) is 0 Å². The lowest BCUT2D eigenvalue weighted by atomic mass is 9.93. The van der Waals surface area contributed by atoms with Gasteiger partial charge in [-0.1, -0.05) is 0 Å². The molecule has 2 unspecified atom stereocenters. The van der Waals surface area contributed by atoms with Crippen LogP contribution in [0.4, 0.5) is 13.2 Å². The fraction of sp³-hybridized carbons (Fsp3) is 0.917. The molecule has 0 aromatic carbocycles. The third-order valence-electron chi connectivity index (χ3n) is 4.01. The number of hydrogen-bond donors (Lipinski definition) is 1. The molecule has 2 aliphatic rings. The number of alkyl halides is 3. The standard InChI is InChI=1S/C12H19F3N2O/c1-11(5-3-6-16-11)10(18)17-7-2-4-9(8-17)12(13,14)15/h9,16H,2-8H2,1H3. The van der Waals surface area contributed by atoms with Gasteiger partial charge in [0.2, 0.25) is 5.91 Å². The molecule has 0 aromatic heterocycles. The lowest BCUT2D eigenvalue weighted by molar-refractivity contribution is -0.189. The van der Waals surface area contributed by atoms with Gasteiger partial charge in [-0.25, -0.2) is 0 Å². The molecule has 104 valence electrons. The zero-order valence-corrected chi connectivity index (χ0v) is 10.5. The van der Waals surface area contributed by atoms with Crippen molar-refractivity contribution in [3.63, 3.8) is 0 Å². The lowest BCUT2D eigenvalue weighted by Gasteiger charge is -2.38. The fourth-order valence-electron chi connectivity index (χ4n) is 2.85. The monoisotopic (exact) mass is 264 g/mol. The second-order valence-corrected chi connectivity index (χ2v) is 5.49. The Labute approximate surface area is 105 Å². The fourth-order valence-corrected chi connectivity index (χ4v) is 2.85. The van der Waals surface area contributed by atoms with Gasteiger partial charge < -0.3 is 10.2 Å². The van der Waals surface area contributed by atoms with Crippen molar-refractivity contribution in [1.82, 2.24) is 10.2 Å². The molecule has 0 aliphatic carbocycles. The van der Waals surface area contributed by atoms with Crippen LogP contribution in [0.2, 0.25) is 0 Å². The van der Waals surface area contributed by atoms with Gasteiger partial charge >= 0.3 is 6.18 Å². The number of amides is 1. The van der Waals surface area contributed by atoms with Crippen molar-refractivity contribution in [1.29, 1.82) is 0 Å². The Kier molecular flexibility index (Phi) is 3.58. The van der Waals surface area contributed by atoms with Crippen LogP contribution in [0.15, 0.2) is 0 Å². The van der Waals surface area contributed by atoms with Gasteiger partial charge in [-0.2, -0.15) is 13.2 Å². The minimum Gasteiger partial charge on any atom is -0.340 e. The van der Waals surface area contributed by atoms with Crippen molar-refractivity contribution in [3.8, 4) is 0 Å². The number of piperidine rings is 1. The molecule has 2 saturated heterocycles. The highest BCUT2D eigenvalue weighted by molar-refractivity contribution is 5.86. The highest BCUT2D eigenvalue weighted by Gasteiger charge is 2.46. The van der Waals surface area contributed by atoms with Gasteiger partial charge in [0, 0.05) is 13.1 Å². The van der Waals surface area contributed by atoms with Crippen LogP contribution in [0.25, 0.3) is 0 Å². The molecule has 0 spiro atoms. The summed E-state index contributed by atoms with van der Waals surface area (Å²) in [5.74, 6) is -1.53. The molecule has 0 bridgehead atoms. The SMILES string of the molecule is CC1(C(=O)N2CCCC(C(F)(F)F)C2)CCCN1. The molecule has 0 aromatic rings. The average Bonchev–Trinajstić information content (AvgIpc) is 2.75. The molecule has 2 aliphatic heterocycles. The number of halogens is 3. The topological polar surface area (TPSA) is 32.3 Å². The predicted octanol–water partition coefficient (Wildman–Crippen LogP) is 1.93. The summed E-state index contributed by atoms with van der Waals surface area (Å²) in [6.45, 7) is 2.82. The molecule has 1 amide bonds. The Hall–Kier alpha value is -0.780. The molecular weight excluding hydrogens is 245 g/mol. The zero-order valence-electron chi connectivity index (χ0n) is 10.5. The van der Waals surface area contributed by atoms with E-state index in [0.29, 0.717) is 19.4 Å². The molecule has 18 heavy (non-hydrogen) atoms. The first kappa shape index (κ1) is 13.6. The number of carbonyl (C=O) groups excluding carboxylic acids is 1. The minimum absolute atomic E-state index is 0.136. The highest BCUT2D eigenvalue weighted by atomic mass is 19.4. The second-order valence-electron chi connectivity index (χ2n) is 5.49. The molecule has 3 nitrogen and oxygen atoms in total. The molecule has 2 fully saturated rings. The van der Waals surface area contributed by atoms with E-state index in [-0.39, 0.29) is 18.9 Å². The first-order valence-corrected chi connectivity index (χ1v) is 6.44. The summed E-state index contributed by atoms with van der Waals surface area (Å²) in [5, 5.41) is 3.11. The minimum atomic E-state index is -4.19. The van der Waals surface area contributed by atoms with Crippen LogP contribution in [0.1, 0.15) is 32.6 Å². The maximum atomic E-state index is 12.7. The van der Waals surface area contributed by atoms with Crippen molar-refractivity contribution in [2.45, 2.75) is 44.3 Å². The lowest BCUT2D eigenvalue weighted by Crippen LogP contribution is -2.56. The van der Waals surface area contributed by atoms with Gasteiger partial charge in [-0.15, -0.1) is 0 Å². The number of rotatable bonds is 1. The Morgan fingerprint density at radius 2 is 2.11 bits per heavy atom. The van der Waals surface area contributed by atoms with Crippen LogP contribution in [-0.2, 0) is 4.79 Å². The van der Waals surface area contributed by atoms with Crippen LogP contribution in [-0.4, -0.2) is 42.2 Å². The first-order chi connectivity index (χ1) is 8.33. The smallest absolute Gasteiger partial charge is 0.340 e. The summed E-state index contributed by atoms with van der Waals surface area (Å²) in [4.78, 5) is 13.7. The van der Waals surface area contributed by atoms with Gasteiger partial charge in [0.15, 0.2) is 0 Å². The van der Waals surface area contributed by atoms with Crippen LogP contribution >= 0.6 is 0 Å². The average molecular weight is 264 g/mol. The van der Waals surface area contributed by atoms with E-state index in [4.69, 9.17) is 0 Å². The normalized spacial score (nSPS) is 33.8. The summed E-state index contributed by atoms with van der Waals surface area (Å²) in [6, 6.07) is 0. The zero-order chi connectivity index (χ0) is 13.4. The van der Waals surface area contributed by atoms with Gasteiger partial charge in [0.05, 0.1) is 11.5 Å². The highest BCUT2D eigenvalue weighted by Crippen LogP contribution is 2.34. The molecular formula is C12H19F3N2O. The summed E-state index contributed by atoms with van der Waals surface area (Å²) in [7, 11) is 0. The van der Waals surface area contributed by atoms with E-state index in [9.17, 15) is 18.0 Å². The molecule has 2 heterocycles. The van der Waals surface area contributed by atoms with E-state index >= 15 is 0 Å². The quantitative estimate of drug-likeness (QED) is 0.785. The number of nitrogens with zero attached hydrogens (tertiary/aromatic N) is 1. The molecule has 0 radical (unpaired) electrons. The summed E-state index contributed by atoms with van der Waals surface area (Å²) in [6.07, 6.45) is -2.01. The van der Waals surface area contributed by atoms with E-state index in [0.717, 1.165) is 13.0 Å². The third kappa shape index (κ3) is 2.63. The van der Waals surface area contributed by atoms with E-state index in [2.05, 4.69) is 5.32 Å². The van der Waals surface area contributed by atoms with Crippen molar-refractivity contribution in [2.24, 2.45) is 5.92 Å². The van der Waals surface area contributed by atoms with E-state index < -0.39 is 17.6 Å². The number of nitrogens with one attached hydrogen (secondary N) is 1. The maximum absolute atomic E-state index is 12.7. The third-order valence-corrected chi connectivity index (χ3v) is 4.01. The van der Waals surface area contributed by atoms with E-state index in [1.165, 1.54) is 4.90 Å². The summed E-state index contributed by atoms with van der Waals surface area (Å²) in [5.41, 5.74) is -0.659. The van der Waals surface area contributed by atoms with Crippen LogP contribution in [0.5, 0.6) is 0 Å². The van der Waals surface area contributed by atoms with Gasteiger partial charge in [0.25, 0.3) is 0 Å². The molecule has 0 saturated carbocycles. The van der Waals surface area contributed by atoms with Gasteiger partial charge in [-0.05, 0) is 39.2 Å². The maximum Gasteiger partial charge on any atom is 0.393 e. The van der Waals surface area contributed by atoms with E-state index in [1.54, 1.807) is 6.92 Å². The van der Waals surface area contributed by atoms with Crippen LogP contribution < -0.4 is 5.32 Å². The largest absolute Gasteiger partial charge is 0.393 e. The van der Waals surface area contributed by atoms with Crippen LogP contribution in [0.3, 0.4) is 0 Å². The van der Waals surface area contributed by atoms with Crippen molar-refractivity contribution >= 4 is 5.91 Å². The van der Waals surface area contributed by atoms with Gasteiger partial charge in [-0.3, -0.25) is 4.79 Å².